The molecule has 0 spiro atoms. The molecular formula is C16H12N2O5S4. The minimum absolute atomic E-state index is 0.0180. The van der Waals surface area contributed by atoms with Crippen molar-refractivity contribution in [2.45, 2.75) is 4.90 Å². The highest BCUT2D eigenvalue weighted by Crippen LogP contribution is 2.35. The van der Waals surface area contributed by atoms with Gasteiger partial charge in [0.15, 0.2) is 0 Å². The van der Waals surface area contributed by atoms with Crippen LogP contribution in [0.1, 0.15) is 4.88 Å². The average Bonchev–Trinajstić information content (AvgIpc) is 3.15. The van der Waals surface area contributed by atoms with E-state index in [1.165, 1.54) is 23.5 Å². The van der Waals surface area contributed by atoms with Crippen molar-refractivity contribution in [2.24, 2.45) is 5.14 Å². The molecule has 0 bridgehead atoms. The lowest BCUT2D eigenvalue weighted by atomic mass is 10.2. The van der Waals surface area contributed by atoms with Crippen molar-refractivity contribution in [3.63, 3.8) is 0 Å². The SMILES string of the molecule is NS(=O)(=O)c1cccc(-c2ccc(/C=C3/SC(=S)N(CC(=O)O)C3=O)s2)c1. The highest BCUT2D eigenvalue weighted by atomic mass is 32.2. The van der Waals surface area contributed by atoms with Crippen molar-refractivity contribution in [3.8, 4) is 10.4 Å². The summed E-state index contributed by atoms with van der Waals surface area (Å²) in [5.41, 5.74) is 0.685. The summed E-state index contributed by atoms with van der Waals surface area (Å²) in [6, 6.07) is 9.85. The van der Waals surface area contributed by atoms with Gasteiger partial charge < -0.3 is 5.11 Å². The fourth-order valence-corrected chi connectivity index (χ4v) is 5.14. The zero-order chi connectivity index (χ0) is 19.8. The van der Waals surface area contributed by atoms with E-state index in [9.17, 15) is 18.0 Å². The third kappa shape index (κ3) is 4.45. The van der Waals surface area contributed by atoms with Gasteiger partial charge in [0.25, 0.3) is 5.91 Å². The number of sulfonamides is 1. The molecule has 0 saturated carbocycles. The molecule has 1 aromatic carbocycles. The Balaban J connectivity index is 1.87. The van der Waals surface area contributed by atoms with Crippen LogP contribution in [0.5, 0.6) is 0 Å². The number of thioether (sulfide) groups is 1. The van der Waals surface area contributed by atoms with Gasteiger partial charge in [0.05, 0.1) is 9.80 Å². The second kappa shape index (κ2) is 7.52. The first kappa shape index (κ1) is 19.7. The molecule has 2 heterocycles. The number of amides is 1. The Bertz CT molecular complexity index is 1090. The Hall–Kier alpha value is -2.05. The highest BCUT2D eigenvalue weighted by Gasteiger charge is 2.33. The van der Waals surface area contributed by atoms with Crippen molar-refractivity contribution < 1.29 is 23.1 Å². The van der Waals surface area contributed by atoms with Crippen molar-refractivity contribution >= 4 is 67.6 Å². The predicted molar refractivity (Wildman–Crippen MR) is 109 cm³/mol. The number of primary sulfonamides is 1. The van der Waals surface area contributed by atoms with Gasteiger partial charge in [-0.3, -0.25) is 14.5 Å². The van der Waals surface area contributed by atoms with Crippen LogP contribution in [0, 0.1) is 0 Å². The van der Waals surface area contributed by atoms with Crippen LogP contribution < -0.4 is 5.14 Å². The van der Waals surface area contributed by atoms with Gasteiger partial charge in [0.1, 0.15) is 10.9 Å². The fraction of sp³-hybridized carbons (Fsp3) is 0.0625. The van der Waals surface area contributed by atoms with E-state index >= 15 is 0 Å². The first-order valence-corrected chi connectivity index (χ1v) is 10.9. The van der Waals surface area contributed by atoms with Crippen LogP contribution in [0.2, 0.25) is 0 Å². The van der Waals surface area contributed by atoms with Crippen LogP contribution in [0.4, 0.5) is 0 Å². The van der Waals surface area contributed by atoms with Crippen LogP contribution in [-0.4, -0.2) is 41.2 Å². The quantitative estimate of drug-likeness (QED) is 0.541. The molecule has 27 heavy (non-hydrogen) atoms. The zero-order valence-corrected chi connectivity index (χ0v) is 16.8. The summed E-state index contributed by atoms with van der Waals surface area (Å²) in [6.07, 6.45) is 1.64. The predicted octanol–water partition coefficient (Wildman–Crippen LogP) is 2.35. The van der Waals surface area contributed by atoms with E-state index in [0.717, 1.165) is 26.4 Å². The van der Waals surface area contributed by atoms with E-state index in [1.807, 2.05) is 0 Å². The third-order valence-corrected chi connectivity index (χ3v) is 6.88. The van der Waals surface area contributed by atoms with Gasteiger partial charge in [-0.2, -0.15) is 0 Å². The maximum Gasteiger partial charge on any atom is 0.323 e. The summed E-state index contributed by atoms with van der Waals surface area (Å²) in [4.78, 5) is 26.1. The summed E-state index contributed by atoms with van der Waals surface area (Å²) in [7, 11) is -3.80. The number of nitrogens with zero attached hydrogens (tertiary/aromatic N) is 1. The highest BCUT2D eigenvalue weighted by molar-refractivity contribution is 8.26. The smallest absolute Gasteiger partial charge is 0.323 e. The molecule has 1 aliphatic heterocycles. The van der Waals surface area contributed by atoms with Crippen LogP contribution in [-0.2, 0) is 19.6 Å². The Morgan fingerprint density at radius 3 is 2.70 bits per heavy atom. The van der Waals surface area contributed by atoms with Gasteiger partial charge in [0, 0.05) is 9.75 Å². The molecule has 0 aliphatic carbocycles. The molecule has 1 aromatic heterocycles. The number of hydrogen-bond donors (Lipinski definition) is 2. The summed E-state index contributed by atoms with van der Waals surface area (Å²) in [5, 5.41) is 14.0. The molecule has 7 nitrogen and oxygen atoms in total. The minimum Gasteiger partial charge on any atom is -0.480 e. The van der Waals surface area contributed by atoms with E-state index in [-0.39, 0.29) is 9.22 Å². The molecule has 0 unspecified atom stereocenters. The number of thiocarbonyl (C=S) groups is 1. The van der Waals surface area contributed by atoms with E-state index in [4.69, 9.17) is 22.5 Å². The second-order valence-electron chi connectivity index (χ2n) is 5.44. The molecule has 1 amide bonds. The van der Waals surface area contributed by atoms with Gasteiger partial charge in [-0.25, -0.2) is 13.6 Å². The fourth-order valence-electron chi connectivity index (χ4n) is 2.31. The Kier molecular flexibility index (Phi) is 5.49. The van der Waals surface area contributed by atoms with Crippen LogP contribution in [0.25, 0.3) is 16.5 Å². The number of rotatable bonds is 5. The molecular weight excluding hydrogens is 428 g/mol. The lowest BCUT2D eigenvalue weighted by Gasteiger charge is -2.09. The van der Waals surface area contributed by atoms with E-state index in [0.29, 0.717) is 10.5 Å². The number of aliphatic carboxylic acids is 1. The largest absolute Gasteiger partial charge is 0.480 e. The van der Waals surface area contributed by atoms with E-state index in [2.05, 4.69) is 0 Å². The van der Waals surface area contributed by atoms with Gasteiger partial charge in [0.2, 0.25) is 10.0 Å². The standard InChI is InChI=1S/C16H12N2O5S4/c17-27(22,23)11-3-1-2-9(6-11)12-5-4-10(25-12)7-13-15(21)18(8-14(19)20)16(24)26-13/h1-7H,8H2,(H,19,20)(H2,17,22,23)/b13-7+. The topological polar surface area (TPSA) is 118 Å². The number of carbonyl (C=O) groups is 2. The number of benzene rings is 1. The van der Waals surface area contributed by atoms with E-state index < -0.39 is 28.4 Å². The van der Waals surface area contributed by atoms with Crippen molar-refractivity contribution in [2.75, 3.05) is 6.54 Å². The van der Waals surface area contributed by atoms with Crippen LogP contribution in [0.3, 0.4) is 0 Å². The van der Waals surface area contributed by atoms with Gasteiger partial charge in [-0.1, -0.05) is 36.1 Å². The maximum absolute atomic E-state index is 12.3. The van der Waals surface area contributed by atoms with E-state index in [1.54, 1.807) is 30.3 Å². The van der Waals surface area contributed by atoms with Crippen molar-refractivity contribution in [3.05, 3.63) is 46.2 Å². The molecule has 1 aliphatic rings. The molecule has 3 rings (SSSR count). The molecule has 11 heteroatoms. The number of carbonyl (C=O) groups excluding carboxylic acids is 1. The number of thiophene rings is 1. The van der Waals surface area contributed by atoms with Crippen LogP contribution >= 0.6 is 35.3 Å². The Labute approximate surface area is 168 Å². The van der Waals surface area contributed by atoms with Gasteiger partial charge >= 0.3 is 5.97 Å². The van der Waals surface area contributed by atoms with Crippen molar-refractivity contribution in [1.82, 2.24) is 4.90 Å². The molecule has 2 aromatic rings. The zero-order valence-electron chi connectivity index (χ0n) is 13.5. The molecule has 1 fully saturated rings. The summed E-state index contributed by atoms with van der Waals surface area (Å²) in [5.74, 6) is -1.58. The first-order valence-electron chi connectivity index (χ1n) is 7.35. The first-order chi connectivity index (χ1) is 12.6. The van der Waals surface area contributed by atoms with Crippen molar-refractivity contribution in [1.29, 1.82) is 0 Å². The molecule has 1 saturated heterocycles. The summed E-state index contributed by atoms with van der Waals surface area (Å²) < 4.78 is 23.2. The molecule has 0 atom stereocenters. The average molecular weight is 441 g/mol. The normalized spacial score (nSPS) is 16.3. The summed E-state index contributed by atoms with van der Waals surface area (Å²) >= 11 is 7.46. The molecule has 0 radical (unpaired) electrons. The maximum atomic E-state index is 12.3. The summed E-state index contributed by atoms with van der Waals surface area (Å²) in [6.45, 7) is -0.474. The Morgan fingerprint density at radius 2 is 2.04 bits per heavy atom. The number of hydrogen-bond acceptors (Lipinski definition) is 7. The molecule has 3 N–H and O–H groups in total. The van der Waals surface area contributed by atoms with Gasteiger partial charge in [-0.05, 0) is 35.9 Å². The lowest BCUT2D eigenvalue weighted by Crippen LogP contribution is -2.33. The molecule has 140 valence electrons. The number of nitrogens with two attached hydrogens (primary N) is 1. The monoisotopic (exact) mass is 440 g/mol. The number of carboxylic acid groups (broad SMARTS) is 1. The van der Waals surface area contributed by atoms with Crippen LogP contribution in [0.15, 0.2) is 46.2 Å². The van der Waals surface area contributed by atoms with Gasteiger partial charge in [-0.15, -0.1) is 11.3 Å². The third-order valence-electron chi connectivity index (χ3n) is 3.51. The lowest BCUT2D eigenvalue weighted by molar-refractivity contribution is -0.140. The Morgan fingerprint density at radius 1 is 1.30 bits per heavy atom. The minimum atomic E-state index is -3.80. The second-order valence-corrected chi connectivity index (χ2v) is 9.79. The number of carboxylic acids is 1.